The van der Waals surface area contributed by atoms with Gasteiger partial charge in [0.2, 0.25) is 0 Å². The van der Waals surface area contributed by atoms with Gasteiger partial charge in [0.25, 0.3) is 11.8 Å². The average molecular weight is 289 g/mol. The molecule has 104 valence electrons. The number of hydrogen-bond acceptors (Lipinski definition) is 4. The third-order valence-corrected chi connectivity index (χ3v) is 4.13. The van der Waals surface area contributed by atoms with Crippen LogP contribution in [0.2, 0.25) is 0 Å². The van der Waals surface area contributed by atoms with Crippen molar-refractivity contribution in [3.05, 3.63) is 51.5 Å². The maximum Gasteiger partial charge on any atom is 0.288 e. The van der Waals surface area contributed by atoms with Gasteiger partial charge in [-0.2, -0.15) is 0 Å². The summed E-state index contributed by atoms with van der Waals surface area (Å²) in [4.78, 5) is 29.3. The summed E-state index contributed by atoms with van der Waals surface area (Å²) >= 11 is 1.44. The van der Waals surface area contributed by atoms with E-state index in [0.29, 0.717) is 4.88 Å². The fourth-order valence-electron chi connectivity index (χ4n) is 1.72. The van der Waals surface area contributed by atoms with Crippen LogP contribution in [0.15, 0.2) is 30.5 Å². The van der Waals surface area contributed by atoms with E-state index in [4.69, 9.17) is 0 Å². The van der Waals surface area contributed by atoms with E-state index in [-0.39, 0.29) is 11.6 Å². The molecular weight excluding hydrogens is 274 g/mol. The smallest absolute Gasteiger partial charge is 0.266 e. The van der Waals surface area contributed by atoms with Crippen molar-refractivity contribution < 1.29 is 9.59 Å². The maximum atomic E-state index is 11.9. The molecule has 0 aromatic carbocycles. The molecule has 5 nitrogen and oxygen atoms in total. The van der Waals surface area contributed by atoms with Gasteiger partial charge in [-0.3, -0.25) is 25.4 Å². The minimum absolute atomic E-state index is 0.254. The standard InChI is InChI=1S/C14H15N3O2S/c1-3-11-9(2)8-12(20-11)14(19)17-16-13(18)10-6-4-5-7-15-10/h4-8H,3H2,1-2H3,(H,16,18)(H,17,19). The van der Waals surface area contributed by atoms with Crippen LogP contribution in [-0.2, 0) is 6.42 Å². The Labute approximate surface area is 121 Å². The van der Waals surface area contributed by atoms with Crippen LogP contribution >= 0.6 is 11.3 Å². The molecule has 0 atom stereocenters. The van der Waals surface area contributed by atoms with E-state index in [9.17, 15) is 9.59 Å². The molecule has 0 spiro atoms. The highest BCUT2D eigenvalue weighted by molar-refractivity contribution is 7.14. The third kappa shape index (κ3) is 3.21. The number of amides is 2. The summed E-state index contributed by atoms with van der Waals surface area (Å²) in [7, 11) is 0. The fraction of sp³-hybridized carbons (Fsp3) is 0.214. The Morgan fingerprint density at radius 2 is 2.00 bits per heavy atom. The summed E-state index contributed by atoms with van der Waals surface area (Å²) in [6, 6.07) is 6.83. The molecular formula is C14H15N3O2S. The number of thiophene rings is 1. The molecule has 0 fully saturated rings. The highest BCUT2D eigenvalue weighted by Crippen LogP contribution is 2.21. The molecule has 20 heavy (non-hydrogen) atoms. The van der Waals surface area contributed by atoms with E-state index in [1.807, 2.05) is 19.9 Å². The van der Waals surface area contributed by atoms with Crippen LogP contribution in [0.4, 0.5) is 0 Å². The van der Waals surface area contributed by atoms with Crippen LogP contribution in [-0.4, -0.2) is 16.8 Å². The quantitative estimate of drug-likeness (QED) is 0.850. The van der Waals surface area contributed by atoms with Crippen molar-refractivity contribution >= 4 is 23.2 Å². The SMILES string of the molecule is CCc1sc(C(=O)NNC(=O)c2ccccn2)cc1C. The number of aromatic nitrogens is 1. The van der Waals surface area contributed by atoms with Crippen molar-refractivity contribution in [2.45, 2.75) is 20.3 Å². The normalized spacial score (nSPS) is 10.1. The zero-order valence-electron chi connectivity index (χ0n) is 11.3. The lowest BCUT2D eigenvalue weighted by atomic mass is 10.2. The number of pyridine rings is 1. The van der Waals surface area contributed by atoms with Crippen LogP contribution < -0.4 is 10.9 Å². The number of carbonyl (C=O) groups excluding carboxylic acids is 2. The highest BCUT2D eigenvalue weighted by Gasteiger charge is 2.13. The predicted octanol–water partition coefficient (Wildman–Crippen LogP) is 2.09. The minimum atomic E-state index is -0.442. The van der Waals surface area contributed by atoms with Crippen molar-refractivity contribution in [1.82, 2.24) is 15.8 Å². The van der Waals surface area contributed by atoms with E-state index < -0.39 is 5.91 Å². The van der Waals surface area contributed by atoms with Gasteiger partial charge in [0, 0.05) is 11.1 Å². The fourth-order valence-corrected chi connectivity index (χ4v) is 2.73. The second-order valence-corrected chi connectivity index (χ2v) is 5.33. The number of rotatable bonds is 3. The van der Waals surface area contributed by atoms with Crippen molar-refractivity contribution in [2.75, 3.05) is 0 Å². The second kappa shape index (κ2) is 6.29. The summed E-state index contributed by atoms with van der Waals surface area (Å²) in [6.45, 7) is 4.02. The molecule has 2 rings (SSSR count). The Balaban J connectivity index is 1.97. The van der Waals surface area contributed by atoms with E-state index >= 15 is 0 Å². The molecule has 2 amide bonds. The van der Waals surface area contributed by atoms with Gasteiger partial charge in [-0.15, -0.1) is 11.3 Å². The van der Waals surface area contributed by atoms with Gasteiger partial charge in [0.05, 0.1) is 4.88 Å². The van der Waals surface area contributed by atoms with Gasteiger partial charge in [0.1, 0.15) is 5.69 Å². The monoisotopic (exact) mass is 289 g/mol. The van der Waals surface area contributed by atoms with Gasteiger partial charge >= 0.3 is 0 Å². The largest absolute Gasteiger partial charge is 0.288 e. The van der Waals surface area contributed by atoms with Crippen molar-refractivity contribution in [3.63, 3.8) is 0 Å². The minimum Gasteiger partial charge on any atom is -0.266 e. The molecule has 2 aromatic heterocycles. The van der Waals surface area contributed by atoms with Gasteiger partial charge in [0.15, 0.2) is 0 Å². The molecule has 0 aliphatic rings. The highest BCUT2D eigenvalue weighted by atomic mass is 32.1. The summed E-state index contributed by atoms with van der Waals surface area (Å²) in [6.07, 6.45) is 2.41. The first-order valence-electron chi connectivity index (χ1n) is 6.22. The van der Waals surface area contributed by atoms with Crippen molar-refractivity contribution in [3.8, 4) is 0 Å². The lowest BCUT2D eigenvalue weighted by molar-refractivity contribution is 0.0846. The number of carbonyl (C=O) groups is 2. The van der Waals surface area contributed by atoms with Gasteiger partial charge in [-0.1, -0.05) is 13.0 Å². The summed E-state index contributed by atoms with van der Waals surface area (Å²) in [5, 5.41) is 0. The van der Waals surface area contributed by atoms with Crippen LogP contribution in [0.5, 0.6) is 0 Å². The Morgan fingerprint density at radius 1 is 1.25 bits per heavy atom. The van der Waals surface area contributed by atoms with E-state index in [0.717, 1.165) is 12.0 Å². The van der Waals surface area contributed by atoms with Crippen LogP contribution in [0.25, 0.3) is 0 Å². The van der Waals surface area contributed by atoms with Crippen molar-refractivity contribution in [1.29, 1.82) is 0 Å². The van der Waals surface area contributed by atoms with Crippen molar-refractivity contribution in [2.24, 2.45) is 0 Å². The van der Waals surface area contributed by atoms with E-state index in [1.165, 1.54) is 22.4 Å². The number of hydrogen-bond donors (Lipinski definition) is 2. The van der Waals surface area contributed by atoms with Gasteiger partial charge in [-0.05, 0) is 37.1 Å². The first-order chi connectivity index (χ1) is 9.61. The summed E-state index contributed by atoms with van der Waals surface area (Å²) < 4.78 is 0. The van der Waals surface area contributed by atoms with Crippen LogP contribution in [0, 0.1) is 6.92 Å². The summed E-state index contributed by atoms with van der Waals surface area (Å²) in [5.74, 6) is -0.759. The first-order valence-corrected chi connectivity index (χ1v) is 7.04. The molecule has 0 bridgehead atoms. The zero-order valence-corrected chi connectivity index (χ0v) is 12.1. The lowest BCUT2D eigenvalue weighted by Crippen LogP contribution is -2.41. The molecule has 2 heterocycles. The molecule has 0 aliphatic heterocycles. The zero-order chi connectivity index (χ0) is 14.5. The molecule has 2 N–H and O–H groups in total. The lowest BCUT2D eigenvalue weighted by Gasteiger charge is -2.05. The topological polar surface area (TPSA) is 71.1 Å². The molecule has 6 heteroatoms. The Bertz CT molecular complexity index is 623. The summed E-state index contributed by atoms with van der Waals surface area (Å²) in [5.41, 5.74) is 6.09. The Kier molecular flexibility index (Phi) is 4.47. The first kappa shape index (κ1) is 14.2. The molecule has 0 saturated heterocycles. The number of nitrogens with one attached hydrogen (secondary N) is 2. The van der Waals surface area contributed by atoms with Gasteiger partial charge < -0.3 is 0 Å². The van der Waals surface area contributed by atoms with Gasteiger partial charge in [-0.25, -0.2) is 0 Å². The molecule has 0 radical (unpaired) electrons. The Morgan fingerprint density at radius 3 is 2.60 bits per heavy atom. The average Bonchev–Trinajstić information content (AvgIpc) is 2.86. The predicted molar refractivity (Wildman–Crippen MR) is 77.6 cm³/mol. The third-order valence-electron chi connectivity index (χ3n) is 2.75. The Hall–Kier alpha value is -2.21. The molecule has 0 saturated carbocycles. The maximum absolute atomic E-state index is 11.9. The van der Waals surface area contributed by atoms with E-state index in [1.54, 1.807) is 18.2 Å². The molecule has 0 unspecified atom stereocenters. The molecule has 2 aromatic rings. The molecule has 0 aliphatic carbocycles. The second-order valence-electron chi connectivity index (χ2n) is 4.19. The number of nitrogens with zero attached hydrogens (tertiary/aromatic N) is 1. The number of hydrazine groups is 1. The van der Waals surface area contributed by atoms with E-state index in [2.05, 4.69) is 15.8 Å². The van der Waals surface area contributed by atoms with Crippen LogP contribution in [0.3, 0.4) is 0 Å². The number of aryl methyl sites for hydroxylation is 2. The van der Waals surface area contributed by atoms with Crippen LogP contribution in [0.1, 0.15) is 37.5 Å².